The van der Waals surface area contributed by atoms with Crippen molar-refractivity contribution in [3.05, 3.63) is 0 Å². The van der Waals surface area contributed by atoms with Crippen LogP contribution in [0.4, 0.5) is 4.79 Å². The molecule has 1 aliphatic carbocycles. The zero-order chi connectivity index (χ0) is 14.7. The van der Waals surface area contributed by atoms with E-state index >= 15 is 0 Å². The molecule has 6 heteroatoms. The molecule has 0 aromatic rings. The van der Waals surface area contributed by atoms with E-state index in [2.05, 4.69) is 11.9 Å². The van der Waals surface area contributed by atoms with Crippen LogP contribution in [-0.2, 0) is 4.79 Å². The van der Waals surface area contributed by atoms with E-state index in [1.54, 1.807) is 4.90 Å². The standard InChI is InChI=1S/C14H25N3O3/c1-15-8-3-4-12(10-15)16(2)14(20)17(11-5-6-11)9-7-13(18)19/h11-12H,3-10H2,1-2H3,(H,18,19). The summed E-state index contributed by atoms with van der Waals surface area (Å²) < 4.78 is 0. The Bertz CT molecular complexity index is 371. The van der Waals surface area contributed by atoms with E-state index in [0.29, 0.717) is 6.54 Å². The molecule has 0 aromatic heterocycles. The Morgan fingerprint density at radius 1 is 1.25 bits per heavy atom. The minimum Gasteiger partial charge on any atom is -0.481 e. The minimum atomic E-state index is -0.844. The van der Waals surface area contributed by atoms with Gasteiger partial charge < -0.3 is 19.8 Å². The van der Waals surface area contributed by atoms with Crippen LogP contribution in [0.15, 0.2) is 0 Å². The number of hydrogen-bond donors (Lipinski definition) is 1. The lowest BCUT2D eigenvalue weighted by molar-refractivity contribution is -0.137. The van der Waals surface area contributed by atoms with Gasteiger partial charge in [0.1, 0.15) is 0 Å². The summed E-state index contributed by atoms with van der Waals surface area (Å²) in [6.07, 6.45) is 4.18. The Morgan fingerprint density at radius 2 is 1.95 bits per heavy atom. The van der Waals surface area contributed by atoms with Crippen LogP contribution in [0.25, 0.3) is 0 Å². The van der Waals surface area contributed by atoms with E-state index in [1.807, 2.05) is 11.9 Å². The molecule has 2 amide bonds. The number of amides is 2. The second kappa shape index (κ2) is 6.43. The minimum absolute atomic E-state index is 0.00551. The van der Waals surface area contributed by atoms with Gasteiger partial charge in [0.2, 0.25) is 0 Å². The maximum atomic E-state index is 12.6. The molecule has 1 aliphatic heterocycles. The SMILES string of the molecule is CN1CCCC(N(C)C(=O)N(CCC(=O)O)C2CC2)C1. The molecule has 114 valence electrons. The predicted molar refractivity (Wildman–Crippen MR) is 75.7 cm³/mol. The molecule has 0 radical (unpaired) electrons. The Kier molecular flexibility index (Phi) is 4.86. The third-order valence-electron chi connectivity index (χ3n) is 4.25. The highest BCUT2D eigenvalue weighted by Crippen LogP contribution is 2.28. The van der Waals surface area contributed by atoms with E-state index in [4.69, 9.17) is 5.11 Å². The molecule has 1 atom stereocenters. The van der Waals surface area contributed by atoms with Crippen LogP contribution < -0.4 is 0 Å². The van der Waals surface area contributed by atoms with Gasteiger partial charge in [0, 0.05) is 32.2 Å². The fourth-order valence-electron chi connectivity index (χ4n) is 2.85. The molecule has 20 heavy (non-hydrogen) atoms. The van der Waals surface area contributed by atoms with Gasteiger partial charge in [-0.2, -0.15) is 0 Å². The van der Waals surface area contributed by atoms with Gasteiger partial charge in [0.05, 0.1) is 6.42 Å². The summed E-state index contributed by atoms with van der Waals surface area (Å²) in [5, 5.41) is 8.81. The molecule has 1 heterocycles. The molecule has 1 saturated carbocycles. The Labute approximate surface area is 120 Å². The first-order valence-corrected chi connectivity index (χ1v) is 7.43. The van der Waals surface area contributed by atoms with Crippen LogP contribution in [0.5, 0.6) is 0 Å². The number of aliphatic carboxylic acids is 1. The van der Waals surface area contributed by atoms with Crippen LogP contribution in [-0.4, -0.2) is 77.6 Å². The van der Waals surface area contributed by atoms with Crippen molar-refractivity contribution in [1.82, 2.24) is 14.7 Å². The molecule has 2 fully saturated rings. The number of nitrogens with zero attached hydrogens (tertiary/aromatic N) is 3. The summed E-state index contributed by atoms with van der Waals surface area (Å²) in [5.41, 5.74) is 0. The molecule has 1 N–H and O–H groups in total. The van der Waals surface area contributed by atoms with Crippen molar-refractivity contribution in [3.63, 3.8) is 0 Å². The lowest BCUT2D eigenvalue weighted by Gasteiger charge is -2.38. The van der Waals surface area contributed by atoms with Gasteiger partial charge in [-0.05, 0) is 39.3 Å². The molecule has 1 saturated heterocycles. The zero-order valence-electron chi connectivity index (χ0n) is 12.4. The zero-order valence-corrected chi connectivity index (χ0v) is 12.4. The van der Waals surface area contributed by atoms with Gasteiger partial charge in [-0.1, -0.05) is 0 Å². The van der Waals surface area contributed by atoms with Crippen molar-refractivity contribution in [2.24, 2.45) is 0 Å². The number of likely N-dealkylation sites (tertiary alicyclic amines) is 1. The number of urea groups is 1. The number of likely N-dealkylation sites (N-methyl/N-ethyl adjacent to an activating group) is 2. The van der Waals surface area contributed by atoms with Crippen LogP contribution in [0.3, 0.4) is 0 Å². The first kappa shape index (κ1) is 15.1. The van der Waals surface area contributed by atoms with Gasteiger partial charge in [-0.3, -0.25) is 4.79 Å². The summed E-state index contributed by atoms with van der Waals surface area (Å²) in [4.78, 5) is 29.1. The van der Waals surface area contributed by atoms with Crippen molar-refractivity contribution in [3.8, 4) is 0 Å². The van der Waals surface area contributed by atoms with E-state index in [9.17, 15) is 9.59 Å². The second-order valence-corrected chi connectivity index (χ2v) is 6.02. The summed E-state index contributed by atoms with van der Waals surface area (Å²) in [7, 11) is 3.93. The molecule has 2 aliphatic rings. The highest BCUT2D eigenvalue weighted by molar-refractivity contribution is 5.76. The molecule has 0 bridgehead atoms. The lowest BCUT2D eigenvalue weighted by Crippen LogP contribution is -2.52. The third-order valence-corrected chi connectivity index (χ3v) is 4.25. The van der Waals surface area contributed by atoms with Gasteiger partial charge in [0.15, 0.2) is 0 Å². The fourth-order valence-corrected chi connectivity index (χ4v) is 2.85. The smallest absolute Gasteiger partial charge is 0.320 e. The predicted octanol–water partition coefficient (Wildman–Crippen LogP) is 1.07. The maximum Gasteiger partial charge on any atom is 0.320 e. The third kappa shape index (κ3) is 3.85. The summed E-state index contributed by atoms with van der Waals surface area (Å²) >= 11 is 0. The second-order valence-electron chi connectivity index (χ2n) is 6.02. The first-order valence-electron chi connectivity index (χ1n) is 7.43. The first-order chi connectivity index (χ1) is 9.49. The quantitative estimate of drug-likeness (QED) is 0.820. The number of rotatable bonds is 5. The number of carbonyl (C=O) groups excluding carboxylic acids is 1. The van der Waals surface area contributed by atoms with Gasteiger partial charge in [-0.25, -0.2) is 4.79 Å². The average Bonchev–Trinajstić information content (AvgIpc) is 3.22. The average molecular weight is 283 g/mol. The highest BCUT2D eigenvalue weighted by atomic mass is 16.4. The number of piperidine rings is 1. The van der Waals surface area contributed by atoms with E-state index in [1.165, 1.54) is 0 Å². The monoisotopic (exact) mass is 283 g/mol. The molecule has 6 nitrogen and oxygen atoms in total. The topological polar surface area (TPSA) is 64.1 Å². The van der Waals surface area contributed by atoms with Crippen LogP contribution >= 0.6 is 0 Å². The van der Waals surface area contributed by atoms with Gasteiger partial charge in [-0.15, -0.1) is 0 Å². The van der Waals surface area contributed by atoms with Crippen molar-refractivity contribution in [1.29, 1.82) is 0 Å². The Balaban J connectivity index is 1.93. The number of carboxylic acid groups (broad SMARTS) is 1. The summed E-state index contributed by atoms with van der Waals surface area (Å²) in [5.74, 6) is -0.844. The molecule has 0 spiro atoms. The number of carbonyl (C=O) groups is 2. The van der Waals surface area contributed by atoms with Crippen molar-refractivity contribution in [2.75, 3.05) is 33.7 Å². The Hall–Kier alpha value is -1.30. The van der Waals surface area contributed by atoms with Gasteiger partial charge >= 0.3 is 12.0 Å². The normalized spacial score (nSPS) is 23.4. The molecule has 2 rings (SSSR count). The molecular weight excluding hydrogens is 258 g/mol. The van der Waals surface area contributed by atoms with Crippen LogP contribution in [0, 0.1) is 0 Å². The lowest BCUT2D eigenvalue weighted by atomic mass is 10.1. The van der Waals surface area contributed by atoms with E-state index in [0.717, 1.165) is 38.8 Å². The number of hydrogen-bond acceptors (Lipinski definition) is 3. The van der Waals surface area contributed by atoms with Crippen molar-refractivity contribution >= 4 is 12.0 Å². The fraction of sp³-hybridized carbons (Fsp3) is 0.857. The highest BCUT2D eigenvalue weighted by Gasteiger charge is 2.36. The van der Waals surface area contributed by atoms with Crippen LogP contribution in [0.2, 0.25) is 0 Å². The van der Waals surface area contributed by atoms with Gasteiger partial charge in [0.25, 0.3) is 0 Å². The van der Waals surface area contributed by atoms with Crippen molar-refractivity contribution in [2.45, 2.75) is 44.2 Å². The van der Waals surface area contributed by atoms with E-state index < -0.39 is 5.97 Å². The summed E-state index contributed by atoms with van der Waals surface area (Å²) in [6, 6.07) is 0.493. The maximum absolute atomic E-state index is 12.6. The largest absolute Gasteiger partial charge is 0.481 e. The van der Waals surface area contributed by atoms with E-state index in [-0.39, 0.29) is 24.5 Å². The van der Waals surface area contributed by atoms with Crippen molar-refractivity contribution < 1.29 is 14.7 Å². The number of carboxylic acids is 1. The molecule has 1 unspecified atom stereocenters. The molecule has 0 aromatic carbocycles. The molecular formula is C14H25N3O3. The summed E-state index contributed by atoms with van der Waals surface area (Å²) in [6.45, 7) is 2.31. The van der Waals surface area contributed by atoms with Crippen LogP contribution in [0.1, 0.15) is 32.1 Å². The Morgan fingerprint density at radius 3 is 2.50 bits per heavy atom.